The SMILES string of the molecule is O=C(O)N1CCN(C(c2ccccc2)c2cccc(Cl)c2)CC1. The molecule has 0 bridgehead atoms. The molecule has 1 aliphatic rings. The number of nitrogens with zero attached hydrogens (tertiary/aromatic N) is 2. The molecule has 120 valence electrons. The van der Waals surface area contributed by atoms with Crippen molar-refractivity contribution in [2.24, 2.45) is 0 Å². The average Bonchev–Trinajstić information content (AvgIpc) is 2.57. The summed E-state index contributed by atoms with van der Waals surface area (Å²) in [5, 5.41) is 9.84. The van der Waals surface area contributed by atoms with Gasteiger partial charge in [-0.15, -0.1) is 0 Å². The molecule has 5 heteroatoms. The van der Waals surface area contributed by atoms with E-state index in [9.17, 15) is 4.79 Å². The number of rotatable bonds is 3. The number of piperazine rings is 1. The molecule has 0 aromatic heterocycles. The van der Waals surface area contributed by atoms with Crippen molar-refractivity contribution in [1.29, 1.82) is 0 Å². The van der Waals surface area contributed by atoms with E-state index in [0.717, 1.165) is 5.56 Å². The van der Waals surface area contributed by atoms with Crippen molar-refractivity contribution in [1.82, 2.24) is 9.80 Å². The Kier molecular flexibility index (Phi) is 4.84. The van der Waals surface area contributed by atoms with Gasteiger partial charge in [0.2, 0.25) is 0 Å². The highest BCUT2D eigenvalue weighted by Gasteiger charge is 2.27. The van der Waals surface area contributed by atoms with Crippen molar-refractivity contribution in [3.63, 3.8) is 0 Å². The van der Waals surface area contributed by atoms with Crippen LogP contribution in [0.15, 0.2) is 54.6 Å². The van der Waals surface area contributed by atoms with Crippen LogP contribution in [0.4, 0.5) is 4.79 Å². The number of amides is 1. The average molecular weight is 331 g/mol. The quantitative estimate of drug-likeness (QED) is 0.932. The highest BCUT2D eigenvalue weighted by atomic mass is 35.5. The molecule has 1 saturated heterocycles. The van der Waals surface area contributed by atoms with Crippen LogP contribution in [0.3, 0.4) is 0 Å². The second-order valence-corrected chi connectivity index (χ2v) is 6.11. The lowest BCUT2D eigenvalue weighted by Gasteiger charge is -2.38. The molecule has 2 aromatic rings. The summed E-state index contributed by atoms with van der Waals surface area (Å²) in [6.07, 6.45) is -0.844. The van der Waals surface area contributed by atoms with Crippen molar-refractivity contribution in [3.8, 4) is 0 Å². The van der Waals surface area contributed by atoms with E-state index in [0.29, 0.717) is 31.2 Å². The summed E-state index contributed by atoms with van der Waals surface area (Å²) in [7, 11) is 0. The van der Waals surface area contributed by atoms with Gasteiger partial charge in [-0.05, 0) is 23.3 Å². The number of carbonyl (C=O) groups is 1. The third-order valence-electron chi connectivity index (χ3n) is 4.23. The Balaban J connectivity index is 1.89. The zero-order valence-electron chi connectivity index (χ0n) is 12.7. The highest BCUT2D eigenvalue weighted by Crippen LogP contribution is 2.30. The molecular weight excluding hydrogens is 312 g/mol. The second kappa shape index (κ2) is 7.02. The summed E-state index contributed by atoms with van der Waals surface area (Å²) in [4.78, 5) is 14.9. The van der Waals surface area contributed by atoms with Gasteiger partial charge in [0.1, 0.15) is 0 Å². The molecule has 23 heavy (non-hydrogen) atoms. The Morgan fingerprint density at radius 3 is 2.22 bits per heavy atom. The molecule has 1 atom stereocenters. The first-order chi connectivity index (χ1) is 11.1. The molecule has 4 nitrogen and oxygen atoms in total. The Bertz CT molecular complexity index is 670. The molecule has 2 aromatic carbocycles. The molecule has 1 heterocycles. The molecule has 0 saturated carbocycles. The Morgan fingerprint density at radius 2 is 1.61 bits per heavy atom. The van der Waals surface area contributed by atoms with E-state index < -0.39 is 6.09 Å². The van der Waals surface area contributed by atoms with Crippen LogP contribution in [0.5, 0.6) is 0 Å². The van der Waals surface area contributed by atoms with Crippen molar-refractivity contribution < 1.29 is 9.90 Å². The minimum absolute atomic E-state index is 0.0887. The van der Waals surface area contributed by atoms with Gasteiger partial charge in [-0.1, -0.05) is 54.1 Å². The summed E-state index contributed by atoms with van der Waals surface area (Å²) in [6, 6.07) is 18.3. The van der Waals surface area contributed by atoms with Crippen LogP contribution in [0.1, 0.15) is 17.2 Å². The van der Waals surface area contributed by atoms with Crippen LogP contribution in [0.2, 0.25) is 5.02 Å². The van der Waals surface area contributed by atoms with Gasteiger partial charge in [-0.2, -0.15) is 0 Å². The van der Waals surface area contributed by atoms with Gasteiger partial charge in [0.15, 0.2) is 0 Å². The maximum Gasteiger partial charge on any atom is 0.407 e. The van der Waals surface area contributed by atoms with E-state index in [1.165, 1.54) is 10.5 Å². The summed E-state index contributed by atoms with van der Waals surface area (Å²) in [5.41, 5.74) is 2.33. The van der Waals surface area contributed by atoms with Crippen molar-refractivity contribution in [3.05, 3.63) is 70.7 Å². The fourth-order valence-electron chi connectivity index (χ4n) is 3.10. The number of hydrogen-bond acceptors (Lipinski definition) is 2. The minimum Gasteiger partial charge on any atom is -0.465 e. The van der Waals surface area contributed by atoms with Gasteiger partial charge in [-0.25, -0.2) is 4.79 Å². The second-order valence-electron chi connectivity index (χ2n) is 5.67. The van der Waals surface area contributed by atoms with E-state index >= 15 is 0 Å². The fraction of sp³-hybridized carbons (Fsp3) is 0.278. The van der Waals surface area contributed by atoms with Gasteiger partial charge in [-0.3, -0.25) is 4.90 Å². The fourth-order valence-corrected chi connectivity index (χ4v) is 3.30. The molecule has 1 fully saturated rings. The first-order valence-electron chi connectivity index (χ1n) is 7.67. The predicted molar refractivity (Wildman–Crippen MR) is 90.9 cm³/mol. The molecule has 0 radical (unpaired) electrons. The Hall–Kier alpha value is -2.04. The molecule has 1 N–H and O–H groups in total. The zero-order chi connectivity index (χ0) is 16.2. The van der Waals surface area contributed by atoms with Crippen molar-refractivity contribution in [2.75, 3.05) is 26.2 Å². The lowest BCUT2D eigenvalue weighted by Crippen LogP contribution is -2.49. The first kappa shape index (κ1) is 15.8. The normalized spacial score (nSPS) is 17.0. The summed E-state index contributed by atoms with van der Waals surface area (Å²) >= 11 is 6.18. The van der Waals surface area contributed by atoms with Crippen LogP contribution >= 0.6 is 11.6 Å². The molecule has 1 amide bonds. The maximum absolute atomic E-state index is 11.1. The van der Waals surface area contributed by atoms with E-state index in [1.807, 2.05) is 36.4 Å². The predicted octanol–water partition coefficient (Wildman–Crippen LogP) is 3.73. The smallest absolute Gasteiger partial charge is 0.407 e. The van der Waals surface area contributed by atoms with Crippen LogP contribution in [0, 0.1) is 0 Å². The van der Waals surface area contributed by atoms with Crippen LogP contribution in [-0.2, 0) is 0 Å². The van der Waals surface area contributed by atoms with Gasteiger partial charge < -0.3 is 10.0 Å². The molecule has 0 spiro atoms. The van der Waals surface area contributed by atoms with Crippen LogP contribution in [0.25, 0.3) is 0 Å². The number of hydrogen-bond donors (Lipinski definition) is 1. The lowest BCUT2D eigenvalue weighted by molar-refractivity contribution is 0.0932. The largest absolute Gasteiger partial charge is 0.465 e. The zero-order valence-corrected chi connectivity index (χ0v) is 13.5. The highest BCUT2D eigenvalue weighted by molar-refractivity contribution is 6.30. The maximum atomic E-state index is 11.1. The Morgan fingerprint density at radius 1 is 0.957 bits per heavy atom. The van der Waals surface area contributed by atoms with Gasteiger partial charge in [0.05, 0.1) is 6.04 Å². The lowest BCUT2D eigenvalue weighted by atomic mass is 9.96. The molecular formula is C18H19ClN2O2. The molecule has 1 aliphatic heterocycles. The van der Waals surface area contributed by atoms with E-state index in [1.54, 1.807) is 0 Å². The van der Waals surface area contributed by atoms with Crippen LogP contribution < -0.4 is 0 Å². The standard InChI is InChI=1S/C18H19ClN2O2/c19-16-8-4-7-15(13-16)17(14-5-2-1-3-6-14)20-9-11-21(12-10-20)18(22)23/h1-8,13,17H,9-12H2,(H,22,23). The molecule has 0 aliphatic carbocycles. The first-order valence-corrected chi connectivity index (χ1v) is 8.05. The van der Waals surface area contributed by atoms with Gasteiger partial charge in [0.25, 0.3) is 0 Å². The minimum atomic E-state index is -0.844. The van der Waals surface area contributed by atoms with Gasteiger partial charge >= 0.3 is 6.09 Å². The van der Waals surface area contributed by atoms with Crippen LogP contribution in [-0.4, -0.2) is 47.2 Å². The number of carboxylic acid groups (broad SMARTS) is 1. The summed E-state index contributed by atoms with van der Waals surface area (Å²) in [5.74, 6) is 0. The molecule has 1 unspecified atom stereocenters. The van der Waals surface area contributed by atoms with Crippen molar-refractivity contribution in [2.45, 2.75) is 6.04 Å². The monoisotopic (exact) mass is 330 g/mol. The van der Waals surface area contributed by atoms with E-state index in [-0.39, 0.29) is 6.04 Å². The van der Waals surface area contributed by atoms with Gasteiger partial charge in [0, 0.05) is 31.2 Å². The van der Waals surface area contributed by atoms with E-state index in [4.69, 9.17) is 16.7 Å². The van der Waals surface area contributed by atoms with E-state index in [2.05, 4.69) is 23.1 Å². The summed E-state index contributed by atoms with van der Waals surface area (Å²) in [6.45, 7) is 2.47. The number of benzene rings is 2. The molecule has 3 rings (SSSR count). The Labute approximate surface area is 140 Å². The summed E-state index contributed by atoms with van der Waals surface area (Å²) < 4.78 is 0. The van der Waals surface area contributed by atoms with Crippen molar-refractivity contribution >= 4 is 17.7 Å². The topological polar surface area (TPSA) is 43.8 Å². The third kappa shape index (κ3) is 3.66. The third-order valence-corrected chi connectivity index (χ3v) is 4.46. The number of halogens is 1.